The fourth-order valence-electron chi connectivity index (χ4n) is 2.03. The van der Waals surface area contributed by atoms with Gasteiger partial charge in [0.15, 0.2) is 5.82 Å². The number of fused-ring (bicyclic) bond motifs is 1. The largest absolute Gasteiger partial charge is 0.478 e. The fourth-order valence-corrected chi connectivity index (χ4v) is 2.03. The molecule has 3 N–H and O–H groups in total. The lowest BCUT2D eigenvalue weighted by Gasteiger charge is -2.05. The van der Waals surface area contributed by atoms with Gasteiger partial charge in [0.1, 0.15) is 0 Å². The third kappa shape index (κ3) is 2.20. The molecule has 7 nitrogen and oxygen atoms in total. The maximum absolute atomic E-state index is 11.2. The number of rotatable bonds is 3. The lowest BCUT2D eigenvalue weighted by molar-refractivity contribution is 0.0698. The highest BCUT2D eigenvalue weighted by atomic mass is 16.4. The van der Waals surface area contributed by atoms with Gasteiger partial charge in [-0.05, 0) is 24.3 Å². The molecule has 1 amide bonds. The number of primary amides is 1. The minimum atomic E-state index is -1.01. The van der Waals surface area contributed by atoms with Gasteiger partial charge in [0.2, 0.25) is 0 Å². The van der Waals surface area contributed by atoms with E-state index in [9.17, 15) is 9.59 Å². The second kappa shape index (κ2) is 4.71. The summed E-state index contributed by atoms with van der Waals surface area (Å²) in [6, 6.07) is 8.15. The summed E-state index contributed by atoms with van der Waals surface area (Å²) in [6.07, 6.45) is 2.82. The standard InChI is InChI=1S/C14H10N4O3/c15-13(19)8-6-16-18(7-8)12-5-4-9-10(14(20)21)2-1-3-11(9)17-12/h1-7H,(H2,15,19)(H,20,21). The van der Waals surface area contributed by atoms with E-state index >= 15 is 0 Å². The SMILES string of the molecule is NC(=O)c1cnn(-c2ccc3c(C(=O)O)cccc3n2)c1. The molecule has 7 heteroatoms. The number of hydrogen-bond acceptors (Lipinski definition) is 4. The number of carboxylic acid groups (broad SMARTS) is 1. The van der Waals surface area contributed by atoms with Crippen LogP contribution in [0.2, 0.25) is 0 Å². The number of aromatic carboxylic acids is 1. The summed E-state index contributed by atoms with van der Waals surface area (Å²) in [7, 11) is 0. The molecule has 3 rings (SSSR count). The topological polar surface area (TPSA) is 111 Å². The van der Waals surface area contributed by atoms with Crippen LogP contribution in [-0.4, -0.2) is 31.7 Å². The molecule has 0 saturated carbocycles. The van der Waals surface area contributed by atoms with E-state index in [0.717, 1.165) is 0 Å². The molecule has 0 aliphatic rings. The van der Waals surface area contributed by atoms with Crippen molar-refractivity contribution in [2.45, 2.75) is 0 Å². The maximum Gasteiger partial charge on any atom is 0.336 e. The lowest BCUT2D eigenvalue weighted by Crippen LogP contribution is -2.09. The first-order valence-corrected chi connectivity index (χ1v) is 6.04. The third-order valence-electron chi connectivity index (χ3n) is 3.05. The predicted octanol–water partition coefficient (Wildman–Crippen LogP) is 1.22. The zero-order valence-corrected chi connectivity index (χ0v) is 10.7. The summed E-state index contributed by atoms with van der Waals surface area (Å²) in [5.74, 6) is -1.11. The van der Waals surface area contributed by atoms with Gasteiger partial charge in [-0.1, -0.05) is 6.07 Å². The van der Waals surface area contributed by atoms with Crippen LogP contribution in [0.5, 0.6) is 0 Å². The van der Waals surface area contributed by atoms with Crippen LogP contribution in [0.15, 0.2) is 42.7 Å². The second-order valence-electron chi connectivity index (χ2n) is 4.38. The Morgan fingerprint density at radius 2 is 2.00 bits per heavy atom. The molecule has 0 fully saturated rings. The number of nitrogens with zero attached hydrogens (tertiary/aromatic N) is 3. The van der Waals surface area contributed by atoms with E-state index < -0.39 is 11.9 Å². The monoisotopic (exact) mass is 282 g/mol. The number of benzene rings is 1. The van der Waals surface area contributed by atoms with Crippen molar-refractivity contribution in [2.24, 2.45) is 5.73 Å². The maximum atomic E-state index is 11.2. The molecule has 0 spiro atoms. The number of carbonyl (C=O) groups is 2. The third-order valence-corrected chi connectivity index (χ3v) is 3.05. The Labute approximate surface area is 118 Å². The Hall–Kier alpha value is -3.22. The predicted molar refractivity (Wildman–Crippen MR) is 74.3 cm³/mol. The average Bonchev–Trinajstić information content (AvgIpc) is 2.96. The minimum absolute atomic E-state index is 0.185. The van der Waals surface area contributed by atoms with Gasteiger partial charge in [0.05, 0.1) is 22.8 Å². The van der Waals surface area contributed by atoms with Crippen molar-refractivity contribution < 1.29 is 14.7 Å². The molecule has 0 unspecified atom stereocenters. The minimum Gasteiger partial charge on any atom is -0.478 e. The van der Waals surface area contributed by atoms with Crippen molar-refractivity contribution in [3.8, 4) is 5.82 Å². The zero-order valence-electron chi connectivity index (χ0n) is 10.7. The van der Waals surface area contributed by atoms with Crippen molar-refractivity contribution in [3.05, 3.63) is 53.9 Å². The molecule has 3 aromatic rings. The molecule has 1 aromatic carbocycles. The molecule has 0 aliphatic heterocycles. The van der Waals surface area contributed by atoms with Crippen LogP contribution < -0.4 is 5.73 Å². The smallest absolute Gasteiger partial charge is 0.336 e. The van der Waals surface area contributed by atoms with Crippen molar-refractivity contribution in [2.75, 3.05) is 0 Å². The van der Waals surface area contributed by atoms with E-state index in [2.05, 4.69) is 10.1 Å². The quantitative estimate of drug-likeness (QED) is 0.750. The number of carboxylic acids is 1. The fraction of sp³-hybridized carbons (Fsp3) is 0. The van der Waals surface area contributed by atoms with Crippen LogP contribution in [0.1, 0.15) is 20.7 Å². The Morgan fingerprint density at radius 3 is 2.67 bits per heavy atom. The van der Waals surface area contributed by atoms with Crippen molar-refractivity contribution in [1.29, 1.82) is 0 Å². The summed E-state index contributed by atoms with van der Waals surface area (Å²) in [5.41, 5.74) is 6.16. The van der Waals surface area contributed by atoms with Gasteiger partial charge in [-0.15, -0.1) is 0 Å². The number of pyridine rings is 1. The first-order valence-electron chi connectivity index (χ1n) is 6.04. The molecular formula is C14H10N4O3. The van der Waals surface area contributed by atoms with E-state index in [1.54, 1.807) is 24.3 Å². The van der Waals surface area contributed by atoms with Gasteiger partial charge in [-0.25, -0.2) is 14.5 Å². The number of hydrogen-bond donors (Lipinski definition) is 2. The van der Waals surface area contributed by atoms with Crippen molar-refractivity contribution in [3.63, 3.8) is 0 Å². The van der Waals surface area contributed by atoms with Gasteiger partial charge in [-0.2, -0.15) is 5.10 Å². The van der Waals surface area contributed by atoms with E-state index in [1.807, 2.05) is 0 Å². The van der Waals surface area contributed by atoms with Crippen LogP contribution in [0.4, 0.5) is 0 Å². The van der Waals surface area contributed by atoms with E-state index in [0.29, 0.717) is 16.7 Å². The van der Waals surface area contributed by atoms with Crippen molar-refractivity contribution >= 4 is 22.8 Å². The first kappa shape index (κ1) is 12.8. The van der Waals surface area contributed by atoms with Gasteiger partial charge < -0.3 is 10.8 Å². The molecule has 104 valence electrons. The number of carbonyl (C=O) groups excluding carboxylic acids is 1. The zero-order chi connectivity index (χ0) is 15.0. The molecule has 0 aliphatic carbocycles. The molecule has 2 aromatic heterocycles. The molecular weight excluding hydrogens is 272 g/mol. The lowest BCUT2D eigenvalue weighted by atomic mass is 10.1. The molecule has 0 atom stereocenters. The highest BCUT2D eigenvalue weighted by Gasteiger charge is 2.11. The average molecular weight is 282 g/mol. The van der Waals surface area contributed by atoms with Gasteiger partial charge in [0.25, 0.3) is 5.91 Å². The summed E-state index contributed by atoms with van der Waals surface area (Å²) < 4.78 is 1.41. The first-order chi connectivity index (χ1) is 10.1. The van der Waals surface area contributed by atoms with Crippen LogP contribution in [-0.2, 0) is 0 Å². The van der Waals surface area contributed by atoms with Crippen LogP contribution in [0.25, 0.3) is 16.7 Å². The van der Waals surface area contributed by atoms with Gasteiger partial charge >= 0.3 is 5.97 Å². The summed E-state index contributed by atoms with van der Waals surface area (Å²) in [6.45, 7) is 0. The number of amides is 1. The van der Waals surface area contributed by atoms with Crippen molar-refractivity contribution in [1.82, 2.24) is 14.8 Å². The van der Waals surface area contributed by atoms with E-state index in [-0.39, 0.29) is 11.1 Å². The molecule has 21 heavy (non-hydrogen) atoms. The normalized spacial score (nSPS) is 10.7. The Balaban J connectivity index is 2.13. The molecule has 2 heterocycles. The molecule has 0 radical (unpaired) electrons. The van der Waals surface area contributed by atoms with Gasteiger partial charge in [0, 0.05) is 11.6 Å². The molecule has 0 saturated heterocycles. The summed E-state index contributed by atoms with van der Waals surface area (Å²) >= 11 is 0. The van der Waals surface area contributed by atoms with Crippen LogP contribution in [0, 0.1) is 0 Å². The van der Waals surface area contributed by atoms with Crippen LogP contribution in [0.3, 0.4) is 0 Å². The highest BCUT2D eigenvalue weighted by molar-refractivity contribution is 6.02. The molecule has 0 bridgehead atoms. The van der Waals surface area contributed by atoms with Gasteiger partial charge in [-0.3, -0.25) is 4.79 Å². The van der Waals surface area contributed by atoms with E-state index in [1.165, 1.54) is 23.1 Å². The number of aromatic nitrogens is 3. The summed E-state index contributed by atoms with van der Waals surface area (Å²) in [5, 5.41) is 13.7. The Bertz CT molecular complexity index is 870. The second-order valence-corrected chi connectivity index (χ2v) is 4.38. The Morgan fingerprint density at radius 1 is 1.19 bits per heavy atom. The Kier molecular flexibility index (Phi) is 2.87. The number of nitrogens with two attached hydrogens (primary N) is 1. The van der Waals surface area contributed by atoms with Crippen LogP contribution >= 0.6 is 0 Å². The highest BCUT2D eigenvalue weighted by Crippen LogP contribution is 2.19. The summed E-state index contributed by atoms with van der Waals surface area (Å²) in [4.78, 5) is 26.6. The van der Waals surface area contributed by atoms with E-state index in [4.69, 9.17) is 10.8 Å².